The molecule has 0 nitrogen and oxygen atoms in total. The monoisotopic (exact) mass is 180 g/mol. The molecule has 0 aromatic carbocycles. The second-order valence-electron chi connectivity index (χ2n) is 2.66. The maximum Gasteiger partial charge on any atom is 0.0314 e. The van der Waals surface area contributed by atoms with Crippen LogP contribution in [0.25, 0.3) is 0 Å². The maximum atomic E-state index is 5.54. The van der Waals surface area contributed by atoms with Gasteiger partial charge in [0.2, 0.25) is 0 Å². The van der Waals surface area contributed by atoms with Crippen molar-refractivity contribution in [2.45, 2.75) is 26.7 Å². The number of hydrogen-bond donors (Lipinski definition) is 0. The molecule has 0 aliphatic carbocycles. The summed E-state index contributed by atoms with van der Waals surface area (Å²) in [6.07, 6.45) is 2.66. The zero-order valence-electron chi connectivity index (χ0n) is 6.90. The van der Waals surface area contributed by atoms with Gasteiger partial charge in [0.1, 0.15) is 0 Å². The number of hydrogen-bond acceptors (Lipinski definition) is 1. The summed E-state index contributed by atoms with van der Waals surface area (Å²) in [6, 6.07) is 0. The lowest BCUT2D eigenvalue weighted by atomic mass is 10.1. The summed E-state index contributed by atoms with van der Waals surface area (Å²) < 4.78 is 0. The van der Waals surface area contributed by atoms with Crippen molar-refractivity contribution < 1.29 is 0 Å². The molecule has 0 saturated heterocycles. The molecule has 0 heterocycles. The van der Waals surface area contributed by atoms with Gasteiger partial charge in [0, 0.05) is 11.6 Å². The molecule has 0 spiro atoms. The molecule has 0 amide bonds. The normalized spacial score (nSPS) is 13.5. The van der Waals surface area contributed by atoms with E-state index in [1.54, 1.807) is 0 Å². The lowest BCUT2D eigenvalue weighted by Crippen LogP contribution is -1.98. The highest BCUT2D eigenvalue weighted by molar-refractivity contribution is 7.99. The van der Waals surface area contributed by atoms with Crippen molar-refractivity contribution in [3.8, 4) is 0 Å². The van der Waals surface area contributed by atoms with Gasteiger partial charge in [-0.25, -0.2) is 0 Å². The first kappa shape index (κ1) is 10.6. The third kappa shape index (κ3) is 6.76. The van der Waals surface area contributed by atoms with Gasteiger partial charge in [-0.2, -0.15) is 11.8 Å². The van der Waals surface area contributed by atoms with Crippen LogP contribution in [0.4, 0.5) is 0 Å². The largest absolute Gasteiger partial charge is 0.160 e. The smallest absolute Gasteiger partial charge is 0.0314 e. The van der Waals surface area contributed by atoms with Crippen LogP contribution < -0.4 is 0 Å². The third-order valence-electron chi connectivity index (χ3n) is 1.41. The highest BCUT2D eigenvalue weighted by Gasteiger charge is 1.98. The molecule has 0 N–H and O–H groups in total. The molecule has 0 saturated carbocycles. The van der Waals surface area contributed by atoms with Crippen LogP contribution in [0.3, 0.4) is 0 Å². The lowest BCUT2D eigenvalue weighted by Gasteiger charge is -2.07. The first-order chi connectivity index (χ1) is 4.81. The van der Waals surface area contributed by atoms with Gasteiger partial charge in [0.15, 0.2) is 0 Å². The van der Waals surface area contributed by atoms with Gasteiger partial charge >= 0.3 is 0 Å². The van der Waals surface area contributed by atoms with Crippen molar-refractivity contribution in [3.05, 3.63) is 0 Å². The fraction of sp³-hybridized carbons (Fsp3) is 1.00. The Morgan fingerprint density at radius 1 is 1.50 bits per heavy atom. The minimum Gasteiger partial charge on any atom is -0.160 e. The predicted molar refractivity (Wildman–Crippen MR) is 52.1 cm³/mol. The molecule has 2 heteroatoms. The molecule has 0 aromatic heterocycles. The van der Waals surface area contributed by atoms with Crippen molar-refractivity contribution in [2.75, 3.05) is 17.4 Å². The molecule has 62 valence electrons. The van der Waals surface area contributed by atoms with E-state index in [4.69, 9.17) is 11.6 Å². The first-order valence-electron chi connectivity index (χ1n) is 3.95. The Balaban J connectivity index is 2.97. The van der Waals surface area contributed by atoms with Gasteiger partial charge in [-0.3, -0.25) is 0 Å². The average Bonchev–Trinajstić information content (AvgIpc) is 1.89. The van der Waals surface area contributed by atoms with E-state index in [1.165, 1.54) is 18.6 Å². The number of thioether (sulfide) groups is 1. The topological polar surface area (TPSA) is 0 Å². The summed E-state index contributed by atoms with van der Waals surface area (Å²) in [5.74, 6) is 4.05. The summed E-state index contributed by atoms with van der Waals surface area (Å²) >= 11 is 7.51. The Labute approximate surface area is 73.7 Å². The van der Waals surface area contributed by atoms with E-state index in [9.17, 15) is 0 Å². The summed E-state index contributed by atoms with van der Waals surface area (Å²) in [5.41, 5.74) is 0. The Hall–Kier alpha value is 0.640. The second kappa shape index (κ2) is 7.74. The lowest BCUT2D eigenvalue weighted by molar-refractivity contribution is 0.585. The van der Waals surface area contributed by atoms with Crippen LogP contribution >= 0.6 is 23.4 Å². The Bertz CT molecular complexity index is 66.3. The van der Waals surface area contributed by atoms with Gasteiger partial charge < -0.3 is 0 Å². The molecular formula is C8H17ClS. The second-order valence-corrected chi connectivity index (χ2v) is 4.19. The molecule has 0 bridgehead atoms. The molecule has 0 aromatic rings. The van der Waals surface area contributed by atoms with E-state index < -0.39 is 0 Å². The molecule has 1 atom stereocenters. The molecule has 10 heavy (non-hydrogen) atoms. The van der Waals surface area contributed by atoms with Gasteiger partial charge in [-0.1, -0.05) is 26.7 Å². The van der Waals surface area contributed by atoms with E-state index in [1.807, 2.05) is 11.8 Å². The number of halogens is 1. The molecule has 0 rings (SSSR count). The molecule has 0 aliphatic rings. The van der Waals surface area contributed by atoms with Gasteiger partial charge in [-0.15, -0.1) is 11.6 Å². The van der Waals surface area contributed by atoms with E-state index in [-0.39, 0.29) is 0 Å². The SMILES string of the molecule is CCCC(C)CSCCCl. The van der Waals surface area contributed by atoms with Crippen LogP contribution in [0.2, 0.25) is 0 Å². The Morgan fingerprint density at radius 2 is 2.20 bits per heavy atom. The molecule has 0 radical (unpaired) electrons. The van der Waals surface area contributed by atoms with Crippen LogP contribution in [0.1, 0.15) is 26.7 Å². The number of rotatable bonds is 6. The van der Waals surface area contributed by atoms with Crippen LogP contribution in [0.15, 0.2) is 0 Å². The third-order valence-corrected chi connectivity index (χ3v) is 3.12. The van der Waals surface area contributed by atoms with Gasteiger partial charge in [0.05, 0.1) is 0 Å². The number of alkyl halides is 1. The van der Waals surface area contributed by atoms with Crippen LogP contribution in [-0.4, -0.2) is 17.4 Å². The van der Waals surface area contributed by atoms with E-state index in [0.717, 1.165) is 17.6 Å². The van der Waals surface area contributed by atoms with Crippen molar-refractivity contribution in [1.82, 2.24) is 0 Å². The van der Waals surface area contributed by atoms with Crippen LogP contribution in [0.5, 0.6) is 0 Å². The molecular weight excluding hydrogens is 164 g/mol. The fourth-order valence-corrected chi connectivity index (χ4v) is 2.09. The van der Waals surface area contributed by atoms with E-state index >= 15 is 0 Å². The van der Waals surface area contributed by atoms with Crippen LogP contribution in [-0.2, 0) is 0 Å². The van der Waals surface area contributed by atoms with Crippen molar-refractivity contribution >= 4 is 23.4 Å². The molecule has 0 fully saturated rings. The van der Waals surface area contributed by atoms with Crippen LogP contribution in [0, 0.1) is 5.92 Å². The summed E-state index contributed by atoms with van der Waals surface area (Å²) in [6.45, 7) is 4.55. The van der Waals surface area contributed by atoms with Gasteiger partial charge in [-0.05, 0) is 11.7 Å². The van der Waals surface area contributed by atoms with Crippen molar-refractivity contribution in [3.63, 3.8) is 0 Å². The highest BCUT2D eigenvalue weighted by atomic mass is 35.5. The molecule has 1 unspecified atom stereocenters. The first-order valence-corrected chi connectivity index (χ1v) is 5.63. The van der Waals surface area contributed by atoms with Crippen molar-refractivity contribution in [1.29, 1.82) is 0 Å². The Morgan fingerprint density at radius 3 is 2.70 bits per heavy atom. The van der Waals surface area contributed by atoms with E-state index in [2.05, 4.69) is 13.8 Å². The minimum atomic E-state index is 0.795. The average molecular weight is 181 g/mol. The maximum absolute atomic E-state index is 5.54. The zero-order valence-corrected chi connectivity index (χ0v) is 8.47. The summed E-state index contributed by atoms with van der Waals surface area (Å²) in [5, 5.41) is 0. The summed E-state index contributed by atoms with van der Waals surface area (Å²) in [4.78, 5) is 0. The Kier molecular flexibility index (Phi) is 8.24. The quantitative estimate of drug-likeness (QED) is 0.446. The standard InChI is InChI=1S/C8H17ClS/c1-3-4-8(2)7-10-6-5-9/h8H,3-7H2,1-2H3. The zero-order chi connectivity index (χ0) is 7.82. The highest BCUT2D eigenvalue weighted by Crippen LogP contribution is 2.12. The fourth-order valence-electron chi connectivity index (χ4n) is 0.915. The van der Waals surface area contributed by atoms with Gasteiger partial charge in [0.25, 0.3) is 0 Å². The molecule has 0 aliphatic heterocycles. The summed E-state index contributed by atoms with van der Waals surface area (Å²) in [7, 11) is 0. The van der Waals surface area contributed by atoms with E-state index in [0.29, 0.717) is 0 Å². The minimum absolute atomic E-state index is 0.795. The predicted octanol–water partition coefficient (Wildman–Crippen LogP) is 3.39. The van der Waals surface area contributed by atoms with Crippen molar-refractivity contribution in [2.24, 2.45) is 5.92 Å².